The fraction of sp³-hybridized carbons (Fsp3) is 0.455. The molecule has 2 atom stereocenters. The van der Waals surface area contributed by atoms with E-state index in [1.807, 2.05) is 18.2 Å². The van der Waals surface area contributed by atoms with Gasteiger partial charge in [-0.25, -0.2) is 0 Å². The molecule has 2 rings (SSSR count). The van der Waals surface area contributed by atoms with E-state index in [1.54, 1.807) is 0 Å². The Morgan fingerprint density at radius 1 is 1.31 bits per heavy atom. The molecule has 1 aliphatic carbocycles. The first-order chi connectivity index (χ1) is 6.18. The van der Waals surface area contributed by atoms with E-state index in [0.717, 1.165) is 18.4 Å². The molecule has 0 aromatic heterocycles. The van der Waals surface area contributed by atoms with Gasteiger partial charge >= 0.3 is 0 Å². The highest BCUT2D eigenvalue weighted by molar-refractivity contribution is 6.30. The van der Waals surface area contributed by atoms with Crippen molar-refractivity contribution in [2.75, 3.05) is 0 Å². The molecule has 2 heteroatoms. The molecule has 0 saturated carbocycles. The minimum absolute atomic E-state index is 0.315. The first-order valence-electron chi connectivity index (χ1n) is 4.66. The Bertz CT molecular complexity index is 322. The summed E-state index contributed by atoms with van der Waals surface area (Å²) in [6, 6.07) is 5.82. The van der Waals surface area contributed by atoms with Gasteiger partial charge in [0.05, 0.1) is 6.10 Å². The highest BCUT2D eigenvalue weighted by Gasteiger charge is 2.22. The summed E-state index contributed by atoms with van der Waals surface area (Å²) in [5.41, 5.74) is 2.27. The van der Waals surface area contributed by atoms with Gasteiger partial charge in [-0.05, 0) is 42.0 Å². The zero-order valence-corrected chi connectivity index (χ0v) is 8.38. The molecule has 0 amide bonds. The second kappa shape index (κ2) is 3.32. The number of fused-ring (bicyclic) bond motifs is 1. The van der Waals surface area contributed by atoms with Gasteiger partial charge in [0.15, 0.2) is 0 Å². The minimum atomic E-state index is -0.315. The number of aliphatic hydroxyl groups excluding tert-OH is 1. The van der Waals surface area contributed by atoms with E-state index in [-0.39, 0.29) is 6.10 Å². The number of halogens is 1. The molecule has 1 nitrogen and oxygen atoms in total. The number of hydrogen-bond donors (Lipinski definition) is 1. The van der Waals surface area contributed by atoms with Crippen LogP contribution in [0.5, 0.6) is 0 Å². The molecule has 0 saturated heterocycles. The lowest BCUT2D eigenvalue weighted by Crippen LogP contribution is -2.11. The van der Waals surface area contributed by atoms with Crippen LogP contribution >= 0.6 is 11.6 Å². The largest absolute Gasteiger partial charge is 0.388 e. The van der Waals surface area contributed by atoms with Crippen molar-refractivity contribution in [2.24, 2.45) is 0 Å². The van der Waals surface area contributed by atoms with Crippen molar-refractivity contribution in [3.8, 4) is 0 Å². The maximum atomic E-state index is 9.74. The summed E-state index contributed by atoms with van der Waals surface area (Å²) in [5.74, 6) is 0.552. The van der Waals surface area contributed by atoms with Gasteiger partial charge in [0.25, 0.3) is 0 Å². The predicted molar refractivity (Wildman–Crippen MR) is 54.1 cm³/mol. The van der Waals surface area contributed by atoms with Crippen LogP contribution in [0.1, 0.15) is 42.9 Å². The van der Waals surface area contributed by atoms with Crippen molar-refractivity contribution in [1.82, 2.24) is 0 Å². The fourth-order valence-corrected chi connectivity index (χ4v) is 2.18. The lowest BCUT2D eigenvalue weighted by atomic mass is 9.82. The lowest BCUT2D eigenvalue weighted by molar-refractivity contribution is 0.151. The second-order valence-corrected chi connectivity index (χ2v) is 4.20. The monoisotopic (exact) mass is 196 g/mol. The summed E-state index contributed by atoms with van der Waals surface area (Å²) in [7, 11) is 0. The smallest absolute Gasteiger partial charge is 0.0793 e. The maximum absolute atomic E-state index is 9.74. The van der Waals surface area contributed by atoms with Crippen molar-refractivity contribution in [3.63, 3.8) is 0 Å². The van der Waals surface area contributed by atoms with Gasteiger partial charge in [-0.15, -0.1) is 0 Å². The first kappa shape index (κ1) is 9.04. The van der Waals surface area contributed by atoms with Gasteiger partial charge in [0, 0.05) is 5.02 Å². The van der Waals surface area contributed by atoms with E-state index in [1.165, 1.54) is 5.56 Å². The van der Waals surface area contributed by atoms with Crippen LogP contribution in [0, 0.1) is 0 Å². The van der Waals surface area contributed by atoms with Gasteiger partial charge in [-0.2, -0.15) is 0 Å². The van der Waals surface area contributed by atoms with E-state index < -0.39 is 0 Å². The van der Waals surface area contributed by atoms with Crippen molar-refractivity contribution >= 4 is 11.6 Å². The Balaban J connectivity index is 2.50. The summed E-state index contributed by atoms with van der Waals surface area (Å²) < 4.78 is 0. The van der Waals surface area contributed by atoms with Crippen molar-refractivity contribution in [2.45, 2.75) is 31.8 Å². The number of hydrogen-bond acceptors (Lipinski definition) is 1. The molecule has 0 bridgehead atoms. The Morgan fingerprint density at radius 3 is 2.85 bits per heavy atom. The third kappa shape index (κ3) is 1.59. The molecule has 0 heterocycles. The first-order valence-corrected chi connectivity index (χ1v) is 5.03. The van der Waals surface area contributed by atoms with Gasteiger partial charge in [-0.1, -0.05) is 24.6 Å². The van der Waals surface area contributed by atoms with Crippen LogP contribution in [0.15, 0.2) is 18.2 Å². The molecule has 0 radical (unpaired) electrons. The Morgan fingerprint density at radius 2 is 2.08 bits per heavy atom. The van der Waals surface area contributed by atoms with Gasteiger partial charge in [0.1, 0.15) is 0 Å². The average Bonchev–Trinajstić information content (AvgIpc) is 2.12. The maximum Gasteiger partial charge on any atom is 0.0793 e. The average molecular weight is 197 g/mol. The van der Waals surface area contributed by atoms with Crippen LogP contribution in [-0.4, -0.2) is 5.11 Å². The molecule has 0 spiro atoms. The van der Waals surface area contributed by atoms with Crippen LogP contribution in [0.25, 0.3) is 0 Å². The molecule has 13 heavy (non-hydrogen) atoms. The highest BCUT2D eigenvalue weighted by atomic mass is 35.5. The quantitative estimate of drug-likeness (QED) is 0.675. The van der Waals surface area contributed by atoms with Gasteiger partial charge in [0.2, 0.25) is 0 Å². The zero-order valence-electron chi connectivity index (χ0n) is 7.63. The lowest BCUT2D eigenvalue weighted by Gasteiger charge is -2.26. The third-order valence-corrected chi connectivity index (χ3v) is 3.05. The standard InChI is InChI=1S/C11H13ClO/c1-7-2-5-11(13)10-6-8(12)3-4-9(7)10/h3-4,6-7,11,13H,2,5H2,1H3. The molecule has 0 aliphatic heterocycles. The zero-order chi connectivity index (χ0) is 9.42. The Hall–Kier alpha value is -0.530. The second-order valence-electron chi connectivity index (χ2n) is 3.77. The summed E-state index contributed by atoms with van der Waals surface area (Å²) in [6.07, 6.45) is 1.61. The van der Waals surface area contributed by atoms with Crippen molar-refractivity contribution < 1.29 is 5.11 Å². The van der Waals surface area contributed by atoms with Crippen LogP contribution < -0.4 is 0 Å². The van der Waals surface area contributed by atoms with E-state index >= 15 is 0 Å². The van der Waals surface area contributed by atoms with Crippen molar-refractivity contribution in [1.29, 1.82) is 0 Å². The number of rotatable bonds is 0. The Labute approximate surface area is 83.3 Å². The van der Waals surface area contributed by atoms with E-state index in [4.69, 9.17) is 11.6 Å². The van der Waals surface area contributed by atoms with E-state index in [9.17, 15) is 5.11 Å². The molecular weight excluding hydrogens is 184 g/mol. The molecule has 1 N–H and O–H groups in total. The molecule has 2 unspecified atom stereocenters. The normalized spacial score (nSPS) is 27.0. The van der Waals surface area contributed by atoms with Crippen LogP contribution in [0.4, 0.5) is 0 Å². The highest BCUT2D eigenvalue weighted by Crippen LogP contribution is 2.38. The summed E-state index contributed by atoms with van der Waals surface area (Å²) >= 11 is 5.88. The SMILES string of the molecule is CC1CCC(O)c2cc(Cl)ccc21. The minimum Gasteiger partial charge on any atom is -0.388 e. The molecular formula is C11H13ClO. The van der Waals surface area contributed by atoms with Crippen molar-refractivity contribution in [3.05, 3.63) is 34.3 Å². The topological polar surface area (TPSA) is 20.2 Å². The molecule has 1 aromatic carbocycles. The van der Waals surface area contributed by atoms with Gasteiger partial charge in [-0.3, -0.25) is 0 Å². The van der Waals surface area contributed by atoms with Gasteiger partial charge < -0.3 is 5.11 Å². The molecule has 0 fully saturated rings. The summed E-state index contributed by atoms with van der Waals surface area (Å²) in [4.78, 5) is 0. The Kier molecular flexibility index (Phi) is 2.31. The predicted octanol–water partition coefficient (Wildman–Crippen LogP) is 3.27. The fourth-order valence-electron chi connectivity index (χ4n) is 2.00. The summed E-state index contributed by atoms with van der Waals surface area (Å²) in [6.45, 7) is 2.19. The molecule has 1 aliphatic rings. The number of benzene rings is 1. The van der Waals surface area contributed by atoms with E-state index in [0.29, 0.717) is 10.9 Å². The van der Waals surface area contributed by atoms with Crippen LogP contribution in [0.3, 0.4) is 0 Å². The molecule has 1 aromatic rings. The summed E-state index contributed by atoms with van der Waals surface area (Å²) in [5, 5.41) is 10.5. The van der Waals surface area contributed by atoms with Crippen LogP contribution in [-0.2, 0) is 0 Å². The molecule has 70 valence electrons. The van der Waals surface area contributed by atoms with E-state index in [2.05, 4.69) is 6.92 Å². The van der Waals surface area contributed by atoms with Crippen LogP contribution in [0.2, 0.25) is 5.02 Å². The number of aliphatic hydroxyl groups is 1. The third-order valence-electron chi connectivity index (χ3n) is 2.81.